The second-order valence-corrected chi connectivity index (χ2v) is 4.09. The van der Waals surface area contributed by atoms with Crippen molar-refractivity contribution in [3.63, 3.8) is 0 Å². The Bertz CT molecular complexity index is 437. The van der Waals surface area contributed by atoms with Crippen molar-refractivity contribution in [2.24, 2.45) is 0 Å². The molecule has 2 rings (SSSR count). The first-order valence-corrected chi connectivity index (χ1v) is 5.35. The van der Waals surface area contributed by atoms with Crippen LogP contribution in [0.15, 0.2) is 29.8 Å². The van der Waals surface area contributed by atoms with Crippen LogP contribution in [0.5, 0.6) is 0 Å². The Kier molecular flexibility index (Phi) is 2.78. The number of Topliss-reactive ketones (excluding diaryl/α,β-unsaturated/α-hetero) is 1. The van der Waals surface area contributed by atoms with Crippen molar-refractivity contribution in [3.8, 4) is 0 Å². The van der Waals surface area contributed by atoms with Gasteiger partial charge in [-0.1, -0.05) is 17.7 Å². The van der Waals surface area contributed by atoms with E-state index in [1.807, 2.05) is 6.08 Å². The summed E-state index contributed by atoms with van der Waals surface area (Å²) in [6, 6.07) is 5.03. The molecule has 0 atom stereocenters. The minimum atomic E-state index is 0.0781. The summed E-state index contributed by atoms with van der Waals surface area (Å²) in [5, 5.41) is 0.444. The van der Waals surface area contributed by atoms with Gasteiger partial charge in [0.05, 0.1) is 10.7 Å². The molecule has 0 unspecified atom stereocenters. The van der Waals surface area contributed by atoms with Gasteiger partial charge in [0.2, 0.25) is 0 Å². The van der Waals surface area contributed by atoms with Crippen molar-refractivity contribution < 1.29 is 4.79 Å². The van der Waals surface area contributed by atoms with Gasteiger partial charge in [-0.15, -0.1) is 0 Å². The molecular weight excluding hydrogens is 210 g/mol. The van der Waals surface area contributed by atoms with Gasteiger partial charge in [-0.05, 0) is 43.0 Å². The monoisotopic (exact) mass is 221 g/mol. The molecule has 1 aromatic carbocycles. The summed E-state index contributed by atoms with van der Waals surface area (Å²) >= 11 is 5.87. The van der Waals surface area contributed by atoms with Gasteiger partial charge in [-0.3, -0.25) is 4.79 Å². The molecule has 0 saturated heterocycles. The first-order chi connectivity index (χ1) is 7.18. The van der Waals surface area contributed by atoms with Crippen LogP contribution in [0, 0.1) is 0 Å². The van der Waals surface area contributed by atoms with E-state index in [9.17, 15) is 4.79 Å². The summed E-state index contributed by atoms with van der Waals surface area (Å²) in [7, 11) is 0. The third-order valence-electron chi connectivity index (χ3n) is 2.60. The maximum Gasteiger partial charge on any atom is 0.188 e. The molecule has 1 aliphatic carbocycles. The molecule has 0 radical (unpaired) electrons. The zero-order chi connectivity index (χ0) is 10.8. The van der Waals surface area contributed by atoms with Crippen LogP contribution < -0.4 is 5.73 Å². The number of ketones is 1. The number of anilines is 1. The second-order valence-electron chi connectivity index (χ2n) is 3.69. The number of carbonyl (C=O) groups is 1. The van der Waals surface area contributed by atoms with Crippen LogP contribution in [-0.2, 0) is 0 Å². The van der Waals surface area contributed by atoms with Gasteiger partial charge >= 0.3 is 0 Å². The van der Waals surface area contributed by atoms with Crippen molar-refractivity contribution in [1.82, 2.24) is 0 Å². The first kappa shape index (κ1) is 10.2. The molecule has 1 aromatic rings. The maximum absolute atomic E-state index is 11.9. The molecule has 0 bridgehead atoms. The Morgan fingerprint density at radius 2 is 2.20 bits per heavy atom. The largest absolute Gasteiger partial charge is 0.398 e. The van der Waals surface area contributed by atoms with Crippen molar-refractivity contribution in [2.45, 2.75) is 19.3 Å². The SMILES string of the molecule is Nc1ccc(C(=O)C2=CCCC2)cc1Cl. The molecule has 0 saturated carbocycles. The number of hydrogen-bond donors (Lipinski definition) is 1. The zero-order valence-electron chi connectivity index (χ0n) is 8.29. The van der Waals surface area contributed by atoms with Gasteiger partial charge in [0, 0.05) is 5.56 Å². The molecule has 0 amide bonds. The molecule has 0 aliphatic heterocycles. The number of nitrogen functional groups attached to an aromatic ring is 1. The van der Waals surface area contributed by atoms with E-state index < -0.39 is 0 Å². The fourth-order valence-corrected chi connectivity index (χ4v) is 1.91. The van der Waals surface area contributed by atoms with Crippen molar-refractivity contribution >= 4 is 23.1 Å². The number of hydrogen-bond acceptors (Lipinski definition) is 2. The maximum atomic E-state index is 11.9. The fraction of sp³-hybridized carbons (Fsp3) is 0.250. The van der Waals surface area contributed by atoms with Crippen LogP contribution in [0.3, 0.4) is 0 Å². The van der Waals surface area contributed by atoms with Gasteiger partial charge in [0.15, 0.2) is 5.78 Å². The second kappa shape index (κ2) is 4.07. The topological polar surface area (TPSA) is 43.1 Å². The standard InChI is InChI=1S/C12H12ClNO/c13-10-7-9(5-6-11(10)14)12(15)8-3-1-2-4-8/h3,5-7H,1-2,4,14H2. The lowest BCUT2D eigenvalue weighted by atomic mass is 10.0. The zero-order valence-corrected chi connectivity index (χ0v) is 9.05. The minimum absolute atomic E-state index is 0.0781. The summed E-state index contributed by atoms with van der Waals surface area (Å²) in [6.45, 7) is 0. The molecule has 0 fully saturated rings. The van der Waals surface area contributed by atoms with E-state index in [4.69, 9.17) is 17.3 Å². The van der Waals surface area contributed by atoms with Gasteiger partial charge in [-0.25, -0.2) is 0 Å². The number of allylic oxidation sites excluding steroid dienone is 2. The molecule has 78 valence electrons. The van der Waals surface area contributed by atoms with Gasteiger partial charge in [0.1, 0.15) is 0 Å². The van der Waals surface area contributed by atoms with Crippen LogP contribution in [-0.4, -0.2) is 5.78 Å². The van der Waals surface area contributed by atoms with E-state index in [1.165, 1.54) is 0 Å². The highest BCUT2D eigenvalue weighted by Gasteiger charge is 2.15. The first-order valence-electron chi connectivity index (χ1n) is 4.97. The van der Waals surface area contributed by atoms with Gasteiger partial charge < -0.3 is 5.73 Å². The summed E-state index contributed by atoms with van der Waals surface area (Å²) in [6.07, 6.45) is 4.96. The highest BCUT2D eigenvalue weighted by atomic mass is 35.5. The normalized spacial score (nSPS) is 15.1. The number of carbonyl (C=O) groups excluding carboxylic acids is 1. The van der Waals surface area contributed by atoms with Crippen LogP contribution in [0.2, 0.25) is 5.02 Å². The molecule has 0 heterocycles. The summed E-state index contributed by atoms with van der Waals surface area (Å²) in [4.78, 5) is 11.9. The molecule has 2 N–H and O–H groups in total. The Hall–Kier alpha value is -1.28. The lowest BCUT2D eigenvalue weighted by molar-refractivity contribution is 0.103. The number of rotatable bonds is 2. The quantitative estimate of drug-likeness (QED) is 0.616. The van der Waals surface area contributed by atoms with E-state index in [1.54, 1.807) is 18.2 Å². The summed E-state index contributed by atoms with van der Waals surface area (Å²) in [5.74, 6) is 0.0781. The molecular formula is C12H12ClNO. The molecule has 1 aliphatic rings. The van der Waals surface area contributed by atoms with Crippen molar-refractivity contribution in [1.29, 1.82) is 0 Å². The average molecular weight is 222 g/mol. The van der Waals surface area contributed by atoms with E-state index >= 15 is 0 Å². The highest BCUT2D eigenvalue weighted by Crippen LogP contribution is 2.25. The third kappa shape index (κ3) is 2.05. The van der Waals surface area contributed by atoms with Crippen LogP contribution in [0.1, 0.15) is 29.6 Å². The smallest absolute Gasteiger partial charge is 0.188 e. The predicted octanol–water partition coefficient (Wildman–Crippen LogP) is 3.22. The Morgan fingerprint density at radius 3 is 2.80 bits per heavy atom. The van der Waals surface area contributed by atoms with E-state index in [2.05, 4.69) is 0 Å². The van der Waals surface area contributed by atoms with Crippen LogP contribution >= 0.6 is 11.6 Å². The van der Waals surface area contributed by atoms with Crippen LogP contribution in [0.4, 0.5) is 5.69 Å². The molecule has 0 spiro atoms. The van der Waals surface area contributed by atoms with Gasteiger partial charge in [-0.2, -0.15) is 0 Å². The fourth-order valence-electron chi connectivity index (χ4n) is 1.73. The van der Waals surface area contributed by atoms with Crippen LogP contribution in [0.25, 0.3) is 0 Å². The lowest BCUT2D eigenvalue weighted by Crippen LogP contribution is -2.02. The number of nitrogens with two attached hydrogens (primary N) is 1. The van der Waals surface area contributed by atoms with E-state index in [0.29, 0.717) is 16.3 Å². The Morgan fingerprint density at radius 1 is 1.40 bits per heavy atom. The molecule has 15 heavy (non-hydrogen) atoms. The van der Waals surface area contributed by atoms with Gasteiger partial charge in [0.25, 0.3) is 0 Å². The average Bonchev–Trinajstić information content (AvgIpc) is 2.74. The van der Waals surface area contributed by atoms with E-state index in [0.717, 1.165) is 24.8 Å². The molecule has 2 nitrogen and oxygen atoms in total. The minimum Gasteiger partial charge on any atom is -0.398 e. The predicted molar refractivity (Wildman–Crippen MR) is 62.1 cm³/mol. The lowest BCUT2D eigenvalue weighted by Gasteiger charge is -2.03. The summed E-state index contributed by atoms with van der Waals surface area (Å²) in [5.41, 5.74) is 7.62. The Balaban J connectivity index is 2.29. The third-order valence-corrected chi connectivity index (χ3v) is 2.92. The highest BCUT2D eigenvalue weighted by molar-refractivity contribution is 6.33. The van der Waals surface area contributed by atoms with E-state index in [-0.39, 0.29) is 5.78 Å². The molecule has 0 aromatic heterocycles. The Labute approximate surface area is 93.7 Å². The molecule has 3 heteroatoms. The summed E-state index contributed by atoms with van der Waals surface area (Å²) < 4.78 is 0. The number of benzene rings is 1. The van der Waals surface area contributed by atoms with Crippen molar-refractivity contribution in [2.75, 3.05) is 5.73 Å². The van der Waals surface area contributed by atoms with Crippen molar-refractivity contribution in [3.05, 3.63) is 40.4 Å². The number of halogens is 1.